The minimum atomic E-state index is -0.725. The maximum Gasteiger partial charge on any atom is 0.270 e. The molecule has 2 aromatic carbocycles. The number of carbonyl (C=O) groups is 3. The third-order valence-corrected chi connectivity index (χ3v) is 4.81. The Kier molecular flexibility index (Phi) is 7.04. The first-order valence-corrected chi connectivity index (χ1v) is 10.2. The molecule has 1 aliphatic heterocycles. The zero-order valence-corrected chi connectivity index (χ0v) is 17.8. The minimum absolute atomic E-state index is 0.0474. The van der Waals surface area contributed by atoms with Crippen molar-refractivity contribution in [2.24, 2.45) is 0 Å². The first-order chi connectivity index (χ1) is 15.3. The smallest absolute Gasteiger partial charge is 0.270 e. The summed E-state index contributed by atoms with van der Waals surface area (Å²) in [6, 6.07) is 8.96. The van der Waals surface area contributed by atoms with E-state index in [0.29, 0.717) is 31.1 Å². The van der Waals surface area contributed by atoms with E-state index in [-0.39, 0.29) is 23.4 Å². The molecule has 1 aliphatic rings. The van der Waals surface area contributed by atoms with Gasteiger partial charge in [0.25, 0.3) is 17.5 Å². The van der Waals surface area contributed by atoms with Crippen LogP contribution in [0.25, 0.3) is 0 Å². The molecule has 0 unspecified atom stereocenters. The van der Waals surface area contributed by atoms with Crippen LogP contribution in [0, 0.1) is 10.1 Å². The van der Waals surface area contributed by atoms with Gasteiger partial charge in [-0.25, -0.2) is 0 Å². The topological polar surface area (TPSA) is 128 Å². The second kappa shape index (κ2) is 9.90. The third kappa shape index (κ3) is 4.85. The number of fused-ring (bicyclic) bond motifs is 1. The van der Waals surface area contributed by atoms with Gasteiger partial charge in [0, 0.05) is 18.7 Å². The monoisotopic (exact) mass is 441 g/mol. The van der Waals surface area contributed by atoms with Gasteiger partial charge in [0.2, 0.25) is 5.91 Å². The lowest BCUT2D eigenvalue weighted by Gasteiger charge is -2.14. The molecule has 1 heterocycles. The first kappa shape index (κ1) is 22.7. The summed E-state index contributed by atoms with van der Waals surface area (Å²) in [5.74, 6) is -0.615. The number of rotatable bonds is 10. The zero-order valence-electron chi connectivity index (χ0n) is 17.8. The third-order valence-electron chi connectivity index (χ3n) is 4.81. The molecule has 0 atom stereocenters. The Labute approximate surface area is 184 Å². The van der Waals surface area contributed by atoms with Gasteiger partial charge in [-0.1, -0.05) is 6.07 Å². The summed E-state index contributed by atoms with van der Waals surface area (Å²) in [7, 11) is 0. The van der Waals surface area contributed by atoms with Gasteiger partial charge < -0.3 is 14.8 Å². The molecule has 1 N–H and O–H groups in total. The van der Waals surface area contributed by atoms with Crippen molar-refractivity contribution in [2.75, 3.05) is 26.3 Å². The van der Waals surface area contributed by atoms with Crippen LogP contribution in [0.4, 0.5) is 5.69 Å². The lowest BCUT2D eigenvalue weighted by atomic mass is 10.1. The van der Waals surface area contributed by atoms with Crippen molar-refractivity contribution < 1.29 is 28.8 Å². The number of carbonyl (C=O) groups excluding carboxylic acids is 3. The van der Waals surface area contributed by atoms with Crippen molar-refractivity contribution in [3.05, 3.63) is 63.2 Å². The number of non-ortho nitro benzene ring substituents is 1. The molecule has 0 bridgehead atoms. The van der Waals surface area contributed by atoms with Crippen LogP contribution in [0.15, 0.2) is 36.4 Å². The molecule has 32 heavy (non-hydrogen) atoms. The molecule has 0 spiro atoms. The second-order valence-electron chi connectivity index (χ2n) is 6.93. The molecule has 2 aromatic rings. The quantitative estimate of drug-likeness (QED) is 0.340. The van der Waals surface area contributed by atoms with Crippen LogP contribution in [-0.2, 0) is 11.2 Å². The van der Waals surface area contributed by atoms with Gasteiger partial charge in [0.05, 0.1) is 29.3 Å². The van der Waals surface area contributed by atoms with E-state index in [0.717, 1.165) is 22.6 Å². The van der Waals surface area contributed by atoms with Gasteiger partial charge in [-0.3, -0.25) is 29.4 Å². The van der Waals surface area contributed by atoms with Gasteiger partial charge in [-0.15, -0.1) is 0 Å². The van der Waals surface area contributed by atoms with Crippen molar-refractivity contribution in [1.82, 2.24) is 10.2 Å². The number of nitro groups is 1. The van der Waals surface area contributed by atoms with Crippen molar-refractivity contribution >= 4 is 23.4 Å². The van der Waals surface area contributed by atoms with Crippen LogP contribution < -0.4 is 14.8 Å². The van der Waals surface area contributed by atoms with Crippen molar-refractivity contribution in [1.29, 1.82) is 0 Å². The molecule has 0 aromatic heterocycles. The van der Waals surface area contributed by atoms with Crippen LogP contribution in [0.3, 0.4) is 0 Å². The normalized spacial score (nSPS) is 12.5. The molecule has 0 fully saturated rings. The lowest BCUT2D eigenvalue weighted by molar-refractivity contribution is -0.384. The number of hydrogen-bond acceptors (Lipinski definition) is 7. The highest BCUT2D eigenvalue weighted by atomic mass is 16.6. The molecule has 0 aliphatic carbocycles. The number of benzene rings is 2. The molecule has 3 amide bonds. The number of nitro benzene ring substituents is 1. The largest absolute Gasteiger partial charge is 0.490 e. The Bertz CT molecular complexity index is 1070. The average molecular weight is 441 g/mol. The molecule has 0 saturated carbocycles. The summed E-state index contributed by atoms with van der Waals surface area (Å²) in [6.45, 7) is 4.58. The van der Waals surface area contributed by atoms with E-state index in [1.54, 1.807) is 0 Å². The number of nitrogens with zero attached hydrogens (tertiary/aromatic N) is 2. The SMILES string of the molecule is CCOc1ccc(CCNC(=O)CN2C(=O)c3ccc([N+](=O)[O-])cc3C2=O)cc1OCC. The highest BCUT2D eigenvalue weighted by Gasteiger charge is 2.37. The molecule has 10 heteroatoms. The van der Waals surface area contributed by atoms with E-state index >= 15 is 0 Å². The second-order valence-corrected chi connectivity index (χ2v) is 6.93. The molecular formula is C22H23N3O7. The Morgan fingerprint density at radius 3 is 2.38 bits per heavy atom. The fraction of sp³-hybridized carbons (Fsp3) is 0.318. The Balaban J connectivity index is 1.57. The van der Waals surface area contributed by atoms with E-state index < -0.39 is 29.2 Å². The van der Waals surface area contributed by atoms with E-state index in [4.69, 9.17) is 9.47 Å². The van der Waals surface area contributed by atoms with E-state index in [9.17, 15) is 24.5 Å². The molecule has 168 valence electrons. The fourth-order valence-corrected chi connectivity index (χ4v) is 3.33. The van der Waals surface area contributed by atoms with Crippen LogP contribution in [-0.4, -0.2) is 53.8 Å². The van der Waals surface area contributed by atoms with Crippen molar-refractivity contribution in [3.8, 4) is 11.5 Å². The highest BCUT2D eigenvalue weighted by molar-refractivity contribution is 6.22. The maximum absolute atomic E-state index is 12.5. The van der Waals surface area contributed by atoms with Gasteiger partial charge in [-0.2, -0.15) is 0 Å². The molecule has 10 nitrogen and oxygen atoms in total. The first-order valence-electron chi connectivity index (χ1n) is 10.2. The lowest BCUT2D eigenvalue weighted by Crippen LogP contribution is -2.40. The number of amides is 3. The van der Waals surface area contributed by atoms with E-state index in [1.807, 2.05) is 32.0 Å². The molecule has 0 radical (unpaired) electrons. The number of ether oxygens (including phenoxy) is 2. The summed E-state index contributed by atoms with van der Waals surface area (Å²) < 4.78 is 11.1. The van der Waals surface area contributed by atoms with Crippen LogP contribution in [0.2, 0.25) is 0 Å². The highest BCUT2D eigenvalue weighted by Crippen LogP contribution is 2.29. The summed E-state index contributed by atoms with van der Waals surface area (Å²) in [5, 5.41) is 13.6. The van der Waals surface area contributed by atoms with Crippen LogP contribution >= 0.6 is 0 Å². The van der Waals surface area contributed by atoms with Crippen molar-refractivity contribution in [2.45, 2.75) is 20.3 Å². The van der Waals surface area contributed by atoms with Crippen LogP contribution in [0.1, 0.15) is 40.1 Å². The Morgan fingerprint density at radius 1 is 1.00 bits per heavy atom. The van der Waals surface area contributed by atoms with Crippen LogP contribution in [0.5, 0.6) is 11.5 Å². The van der Waals surface area contributed by atoms with Crippen molar-refractivity contribution in [3.63, 3.8) is 0 Å². The average Bonchev–Trinajstić information content (AvgIpc) is 3.00. The fourth-order valence-electron chi connectivity index (χ4n) is 3.33. The predicted molar refractivity (Wildman–Crippen MR) is 114 cm³/mol. The number of imide groups is 1. The summed E-state index contributed by atoms with van der Waals surface area (Å²) in [6.07, 6.45) is 0.506. The number of nitrogens with one attached hydrogen (secondary N) is 1. The summed E-state index contributed by atoms with van der Waals surface area (Å²) >= 11 is 0. The predicted octanol–water partition coefficient (Wildman–Crippen LogP) is 2.35. The molecule has 3 rings (SSSR count). The van der Waals surface area contributed by atoms with E-state index in [1.165, 1.54) is 6.07 Å². The maximum atomic E-state index is 12.5. The standard InChI is InChI=1S/C22H23N3O7/c1-3-31-18-8-5-14(11-19(18)32-4-2)9-10-23-20(26)13-24-21(27)16-7-6-15(25(29)30)12-17(16)22(24)28/h5-8,11-12H,3-4,9-10,13H2,1-2H3,(H,23,26). The Hall–Kier alpha value is -3.95. The summed E-state index contributed by atoms with van der Waals surface area (Å²) in [5.41, 5.74) is 0.601. The van der Waals surface area contributed by atoms with Gasteiger partial charge in [0.15, 0.2) is 11.5 Å². The molecular weight excluding hydrogens is 418 g/mol. The molecule has 0 saturated heterocycles. The minimum Gasteiger partial charge on any atom is -0.490 e. The zero-order chi connectivity index (χ0) is 23.3. The summed E-state index contributed by atoms with van der Waals surface area (Å²) in [4.78, 5) is 48.3. The van der Waals surface area contributed by atoms with Gasteiger partial charge >= 0.3 is 0 Å². The van der Waals surface area contributed by atoms with E-state index in [2.05, 4.69) is 5.32 Å². The number of hydrogen-bond donors (Lipinski definition) is 1. The van der Waals surface area contributed by atoms with Gasteiger partial charge in [-0.05, 0) is 44.0 Å². The van der Waals surface area contributed by atoms with Gasteiger partial charge in [0.1, 0.15) is 6.54 Å². The Morgan fingerprint density at radius 2 is 1.69 bits per heavy atom.